The van der Waals surface area contributed by atoms with Gasteiger partial charge < -0.3 is 10.1 Å². The van der Waals surface area contributed by atoms with Crippen molar-refractivity contribution in [2.75, 3.05) is 11.9 Å². The predicted molar refractivity (Wildman–Crippen MR) is 78.8 cm³/mol. The van der Waals surface area contributed by atoms with E-state index < -0.39 is 0 Å². The summed E-state index contributed by atoms with van der Waals surface area (Å²) in [7, 11) is 0. The summed E-state index contributed by atoms with van der Waals surface area (Å²) >= 11 is 0. The third-order valence-electron chi connectivity index (χ3n) is 3.89. The quantitative estimate of drug-likeness (QED) is 0.864. The van der Waals surface area contributed by atoms with Crippen LogP contribution in [0.25, 0.3) is 0 Å². The average molecular weight is 253 g/mol. The molecule has 2 nitrogen and oxygen atoms in total. The minimum absolute atomic E-state index is 0.338. The molecule has 2 heteroatoms. The molecule has 98 valence electrons. The number of rotatable bonds is 2. The highest BCUT2D eigenvalue weighted by Crippen LogP contribution is 2.34. The van der Waals surface area contributed by atoms with Crippen molar-refractivity contribution in [3.63, 3.8) is 0 Å². The Labute approximate surface area is 114 Å². The van der Waals surface area contributed by atoms with Crippen LogP contribution in [0, 0.1) is 13.8 Å². The summed E-state index contributed by atoms with van der Waals surface area (Å²) in [6.07, 6.45) is 1.00. The molecule has 0 bridgehead atoms. The van der Waals surface area contributed by atoms with Gasteiger partial charge in [0.2, 0.25) is 0 Å². The van der Waals surface area contributed by atoms with Crippen LogP contribution in [0.4, 0.5) is 5.69 Å². The number of anilines is 1. The van der Waals surface area contributed by atoms with Gasteiger partial charge in [-0.05, 0) is 37.1 Å². The summed E-state index contributed by atoms with van der Waals surface area (Å²) < 4.78 is 5.71. The molecule has 1 unspecified atom stereocenters. The number of aryl methyl sites for hydroxylation is 1. The molecule has 0 aromatic heterocycles. The van der Waals surface area contributed by atoms with Crippen molar-refractivity contribution in [2.45, 2.75) is 26.3 Å². The zero-order valence-corrected chi connectivity index (χ0v) is 11.4. The van der Waals surface area contributed by atoms with E-state index in [1.165, 1.54) is 22.4 Å². The third-order valence-corrected chi connectivity index (χ3v) is 3.89. The topological polar surface area (TPSA) is 21.3 Å². The molecule has 0 spiro atoms. The van der Waals surface area contributed by atoms with Crippen LogP contribution in [0.1, 0.15) is 29.2 Å². The maximum absolute atomic E-state index is 5.71. The van der Waals surface area contributed by atoms with E-state index in [1.807, 2.05) is 12.1 Å². The summed E-state index contributed by atoms with van der Waals surface area (Å²) in [5, 5.41) is 3.67. The van der Waals surface area contributed by atoms with Crippen molar-refractivity contribution in [3.8, 4) is 5.75 Å². The first-order chi connectivity index (χ1) is 9.25. The summed E-state index contributed by atoms with van der Waals surface area (Å²) in [4.78, 5) is 0. The fraction of sp³-hybridized carbons (Fsp3) is 0.294. The molecule has 2 aromatic rings. The Morgan fingerprint density at radius 3 is 2.79 bits per heavy atom. The average Bonchev–Trinajstić information content (AvgIpc) is 2.44. The van der Waals surface area contributed by atoms with Gasteiger partial charge in [0.1, 0.15) is 5.75 Å². The molecule has 0 radical (unpaired) electrons. The van der Waals surface area contributed by atoms with E-state index in [1.54, 1.807) is 0 Å². The second kappa shape index (κ2) is 4.96. The first-order valence-corrected chi connectivity index (χ1v) is 6.80. The SMILES string of the molecule is Cc1cccc(NC2CCOc3ccccc32)c1C. The van der Waals surface area contributed by atoms with Crippen molar-refractivity contribution >= 4 is 5.69 Å². The van der Waals surface area contributed by atoms with Crippen molar-refractivity contribution in [1.82, 2.24) is 0 Å². The second-order valence-corrected chi connectivity index (χ2v) is 5.12. The lowest BCUT2D eigenvalue weighted by Gasteiger charge is -2.28. The maximum atomic E-state index is 5.71. The Morgan fingerprint density at radius 2 is 1.89 bits per heavy atom. The fourth-order valence-corrected chi connectivity index (χ4v) is 2.59. The molecule has 1 aliphatic heterocycles. The smallest absolute Gasteiger partial charge is 0.124 e. The molecule has 0 saturated heterocycles. The molecule has 2 aromatic carbocycles. The first-order valence-electron chi connectivity index (χ1n) is 6.80. The summed E-state index contributed by atoms with van der Waals surface area (Å²) in [5.41, 5.74) is 5.13. The van der Waals surface area contributed by atoms with Crippen molar-refractivity contribution in [3.05, 3.63) is 59.2 Å². The highest BCUT2D eigenvalue weighted by Gasteiger charge is 2.21. The molecule has 1 aliphatic rings. The number of benzene rings is 2. The molecular formula is C17H19NO. The number of nitrogens with one attached hydrogen (secondary N) is 1. The Morgan fingerprint density at radius 1 is 1.05 bits per heavy atom. The van der Waals surface area contributed by atoms with Gasteiger partial charge in [-0.3, -0.25) is 0 Å². The molecule has 1 N–H and O–H groups in total. The lowest BCUT2D eigenvalue weighted by molar-refractivity contribution is 0.274. The minimum Gasteiger partial charge on any atom is -0.493 e. The summed E-state index contributed by atoms with van der Waals surface area (Å²) in [6, 6.07) is 15.0. The highest BCUT2D eigenvalue weighted by molar-refractivity contribution is 5.56. The molecule has 19 heavy (non-hydrogen) atoms. The van der Waals surface area contributed by atoms with Crippen LogP contribution < -0.4 is 10.1 Å². The number of fused-ring (bicyclic) bond motifs is 1. The monoisotopic (exact) mass is 253 g/mol. The predicted octanol–water partition coefficient (Wildman–Crippen LogP) is 4.24. The van der Waals surface area contributed by atoms with E-state index in [0.717, 1.165) is 18.8 Å². The Hall–Kier alpha value is -1.96. The fourth-order valence-electron chi connectivity index (χ4n) is 2.59. The molecule has 0 amide bonds. The van der Waals surface area contributed by atoms with Gasteiger partial charge in [0.05, 0.1) is 12.6 Å². The Kier molecular flexibility index (Phi) is 3.16. The van der Waals surface area contributed by atoms with Crippen molar-refractivity contribution < 1.29 is 4.74 Å². The standard InChI is InChI=1S/C17H19NO/c1-12-6-5-8-15(13(12)2)18-16-10-11-19-17-9-4-3-7-14(16)17/h3-9,16,18H,10-11H2,1-2H3. The van der Waals surface area contributed by atoms with Crippen molar-refractivity contribution in [1.29, 1.82) is 0 Å². The van der Waals surface area contributed by atoms with E-state index in [-0.39, 0.29) is 0 Å². The van der Waals surface area contributed by atoms with Gasteiger partial charge in [-0.1, -0.05) is 30.3 Å². The molecule has 0 aliphatic carbocycles. The van der Waals surface area contributed by atoms with E-state index in [2.05, 4.69) is 49.5 Å². The maximum Gasteiger partial charge on any atom is 0.124 e. The van der Waals surface area contributed by atoms with Crippen LogP contribution in [-0.2, 0) is 0 Å². The first kappa shape index (κ1) is 12.1. The van der Waals surface area contributed by atoms with Crippen LogP contribution >= 0.6 is 0 Å². The van der Waals surface area contributed by atoms with Gasteiger partial charge in [0, 0.05) is 17.7 Å². The highest BCUT2D eigenvalue weighted by atomic mass is 16.5. The van der Waals surface area contributed by atoms with E-state index in [9.17, 15) is 0 Å². The van der Waals surface area contributed by atoms with Crippen molar-refractivity contribution in [2.24, 2.45) is 0 Å². The summed E-state index contributed by atoms with van der Waals surface area (Å²) in [6.45, 7) is 5.10. The lowest BCUT2D eigenvalue weighted by Crippen LogP contribution is -2.20. The van der Waals surface area contributed by atoms with Crippen LogP contribution in [0.15, 0.2) is 42.5 Å². The Bertz CT molecular complexity index is 592. The zero-order chi connectivity index (χ0) is 13.2. The zero-order valence-electron chi connectivity index (χ0n) is 11.4. The summed E-state index contributed by atoms with van der Waals surface area (Å²) in [5.74, 6) is 1.01. The van der Waals surface area contributed by atoms with Crippen LogP contribution in [0.5, 0.6) is 5.75 Å². The van der Waals surface area contributed by atoms with E-state index in [4.69, 9.17) is 4.74 Å². The number of para-hydroxylation sites is 1. The molecular weight excluding hydrogens is 234 g/mol. The van der Waals surface area contributed by atoms with Gasteiger partial charge >= 0.3 is 0 Å². The van der Waals surface area contributed by atoms with E-state index in [0.29, 0.717) is 6.04 Å². The molecule has 0 saturated carbocycles. The second-order valence-electron chi connectivity index (χ2n) is 5.12. The van der Waals surface area contributed by atoms with Gasteiger partial charge in [0.25, 0.3) is 0 Å². The molecule has 3 rings (SSSR count). The normalized spacial score (nSPS) is 17.5. The minimum atomic E-state index is 0.338. The lowest BCUT2D eigenvalue weighted by atomic mass is 9.99. The van der Waals surface area contributed by atoms with Gasteiger partial charge in [-0.25, -0.2) is 0 Å². The molecule has 0 fully saturated rings. The molecule has 1 heterocycles. The van der Waals surface area contributed by atoms with Gasteiger partial charge in [-0.15, -0.1) is 0 Å². The van der Waals surface area contributed by atoms with Gasteiger partial charge in [-0.2, -0.15) is 0 Å². The van der Waals surface area contributed by atoms with E-state index >= 15 is 0 Å². The van der Waals surface area contributed by atoms with Crippen LogP contribution in [-0.4, -0.2) is 6.61 Å². The largest absolute Gasteiger partial charge is 0.493 e. The number of ether oxygens (including phenoxy) is 1. The third kappa shape index (κ3) is 2.30. The van der Waals surface area contributed by atoms with Crippen LogP contribution in [0.3, 0.4) is 0 Å². The van der Waals surface area contributed by atoms with Crippen LogP contribution in [0.2, 0.25) is 0 Å². The van der Waals surface area contributed by atoms with Gasteiger partial charge in [0.15, 0.2) is 0 Å². The Balaban J connectivity index is 1.91. The molecule has 1 atom stereocenters. The number of hydrogen-bond donors (Lipinski definition) is 1. The number of hydrogen-bond acceptors (Lipinski definition) is 2.